The fraction of sp³-hybridized carbons (Fsp3) is 0.333. The van der Waals surface area contributed by atoms with E-state index in [4.69, 9.17) is 21.1 Å². The third kappa shape index (κ3) is 4.23. The van der Waals surface area contributed by atoms with Crippen LogP contribution in [0.5, 0.6) is 0 Å². The summed E-state index contributed by atoms with van der Waals surface area (Å²) in [5, 5.41) is 9.43. The molecular formula is C24H23ClFN5O4. The zero-order valence-electron chi connectivity index (χ0n) is 18.9. The van der Waals surface area contributed by atoms with Gasteiger partial charge in [0.1, 0.15) is 5.82 Å². The molecule has 2 N–H and O–H groups in total. The van der Waals surface area contributed by atoms with Gasteiger partial charge in [0.05, 0.1) is 35.3 Å². The maximum Gasteiger partial charge on any atom is 0.412 e. The van der Waals surface area contributed by atoms with Gasteiger partial charge in [0.25, 0.3) is 5.91 Å². The predicted octanol–water partition coefficient (Wildman–Crippen LogP) is 4.07. The highest BCUT2D eigenvalue weighted by Gasteiger charge is 2.49. The molecule has 35 heavy (non-hydrogen) atoms. The van der Waals surface area contributed by atoms with Gasteiger partial charge >= 0.3 is 6.09 Å². The van der Waals surface area contributed by atoms with E-state index in [1.807, 2.05) is 30.3 Å². The van der Waals surface area contributed by atoms with Crippen LogP contribution in [0.3, 0.4) is 0 Å². The van der Waals surface area contributed by atoms with Crippen LogP contribution < -0.4 is 5.32 Å². The number of aromatic amines is 1. The number of carbonyl (C=O) groups is 2. The lowest BCUT2D eigenvalue weighted by Crippen LogP contribution is -2.53. The number of halogens is 2. The molecule has 1 aromatic heterocycles. The molecule has 0 saturated carbocycles. The maximum atomic E-state index is 15.1. The third-order valence-corrected chi connectivity index (χ3v) is 6.67. The number of carbonyl (C=O) groups excluding carboxylic acids is 2. The molecule has 2 aromatic carbocycles. The van der Waals surface area contributed by atoms with Gasteiger partial charge in [-0.25, -0.2) is 14.2 Å². The van der Waals surface area contributed by atoms with Crippen molar-refractivity contribution in [1.82, 2.24) is 20.1 Å². The van der Waals surface area contributed by atoms with Gasteiger partial charge in [0.2, 0.25) is 5.82 Å². The number of methoxy groups -OCH3 is 1. The second kappa shape index (κ2) is 9.27. The van der Waals surface area contributed by atoms with Crippen LogP contribution in [0.15, 0.2) is 42.5 Å². The zero-order chi connectivity index (χ0) is 24.6. The van der Waals surface area contributed by atoms with Crippen LogP contribution in [0.2, 0.25) is 5.02 Å². The number of benzene rings is 2. The summed E-state index contributed by atoms with van der Waals surface area (Å²) in [5.41, 5.74) is 0.0272. The van der Waals surface area contributed by atoms with Crippen LogP contribution in [0, 0.1) is 5.82 Å². The number of H-pyrrole nitrogens is 1. The first-order chi connectivity index (χ1) is 16.9. The topological polar surface area (TPSA) is 109 Å². The zero-order valence-corrected chi connectivity index (χ0v) is 19.6. The Kier molecular flexibility index (Phi) is 6.16. The van der Waals surface area contributed by atoms with Crippen molar-refractivity contribution < 1.29 is 23.5 Å². The number of hydrogen-bond acceptors (Lipinski definition) is 6. The fourth-order valence-corrected chi connectivity index (χ4v) is 4.96. The molecule has 2 unspecified atom stereocenters. The SMILES string of the molecule is COCC(c1ccccc1)c1nc(C(=O)N2CCCC3(C2)OC(=O)Nc2ccc(Cl)c(F)c23)n[nH]1. The number of anilines is 1. The Morgan fingerprint density at radius 1 is 1.31 bits per heavy atom. The summed E-state index contributed by atoms with van der Waals surface area (Å²) in [6.07, 6.45) is 0.120. The van der Waals surface area contributed by atoms with Gasteiger partial charge < -0.3 is 14.4 Å². The Balaban J connectivity index is 1.43. The minimum atomic E-state index is -1.36. The number of piperidine rings is 1. The molecule has 0 radical (unpaired) electrons. The van der Waals surface area contributed by atoms with Gasteiger partial charge in [-0.1, -0.05) is 41.9 Å². The summed E-state index contributed by atoms with van der Waals surface area (Å²) in [6, 6.07) is 12.5. The molecule has 1 saturated heterocycles. The molecule has 1 fully saturated rings. The largest absolute Gasteiger partial charge is 0.436 e. The molecule has 9 nitrogen and oxygen atoms in total. The van der Waals surface area contributed by atoms with E-state index in [9.17, 15) is 9.59 Å². The fourth-order valence-electron chi connectivity index (χ4n) is 4.80. The van der Waals surface area contributed by atoms with Gasteiger partial charge in [-0.15, -0.1) is 5.10 Å². The molecule has 0 aliphatic carbocycles. The molecule has 1 spiro atoms. The maximum absolute atomic E-state index is 15.1. The summed E-state index contributed by atoms with van der Waals surface area (Å²) < 4.78 is 26.1. The number of aromatic nitrogens is 3. The lowest BCUT2D eigenvalue weighted by Gasteiger charge is -2.44. The molecule has 3 aromatic rings. The van der Waals surface area contributed by atoms with Crippen molar-refractivity contribution in [3.63, 3.8) is 0 Å². The average molecular weight is 500 g/mol. The van der Waals surface area contributed by atoms with Crippen molar-refractivity contribution in [2.24, 2.45) is 0 Å². The molecule has 2 aliphatic heterocycles. The van der Waals surface area contributed by atoms with E-state index in [1.165, 1.54) is 17.0 Å². The highest BCUT2D eigenvalue weighted by molar-refractivity contribution is 6.31. The van der Waals surface area contributed by atoms with Crippen LogP contribution in [0.25, 0.3) is 0 Å². The minimum Gasteiger partial charge on any atom is -0.436 e. The number of nitrogens with zero attached hydrogens (tertiary/aromatic N) is 3. The second-order valence-corrected chi connectivity index (χ2v) is 8.99. The van der Waals surface area contributed by atoms with Crippen molar-refractivity contribution in [2.45, 2.75) is 24.4 Å². The van der Waals surface area contributed by atoms with Crippen molar-refractivity contribution in [3.05, 3.63) is 76.1 Å². The van der Waals surface area contributed by atoms with Gasteiger partial charge in [-0.2, -0.15) is 0 Å². The smallest absolute Gasteiger partial charge is 0.412 e. The van der Waals surface area contributed by atoms with Crippen LogP contribution in [0.4, 0.5) is 14.9 Å². The van der Waals surface area contributed by atoms with Crippen molar-refractivity contribution in [3.8, 4) is 0 Å². The molecule has 182 valence electrons. The van der Waals surface area contributed by atoms with Crippen LogP contribution >= 0.6 is 11.6 Å². The number of hydrogen-bond donors (Lipinski definition) is 2. The number of fused-ring (bicyclic) bond motifs is 2. The van der Waals surface area contributed by atoms with Gasteiger partial charge in [-0.3, -0.25) is 15.2 Å². The lowest BCUT2D eigenvalue weighted by molar-refractivity contribution is -0.0420. The Labute approximate surface area is 205 Å². The van der Waals surface area contributed by atoms with E-state index in [0.717, 1.165) is 5.56 Å². The monoisotopic (exact) mass is 499 g/mol. The van der Waals surface area contributed by atoms with E-state index in [-0.39, 0.29) is 34.6 Å². The number of amides is 2. The number of rotatable bonds is 5. The van der Waals surface area contributed by atoms with Crippen LogP contribution in [0.1, 0.15) is 46.3 Å². The highest BCUT2D eigenvalue weighted by Crippen LogP contribution is 2.45. The van der Waals surface area contributed by atoms with Crippen molar-refractivity contribution in [2.75, 3.05) is 32.1 Å². The normalized spacial score (nSPS) is 20.2. The molecule has 2 atom stereocenters. The Morgan fingerprint density at radius 3 is 2.89 bits per heavy atom. The van der Waals surface area contributed by atoms with Crippen molar-refractivity contribution in [1.29, 1.82) is 0 Å². The molecule has 3 heterocycles. The third-order valence-electron chi connectivity index (χ3n) is 6.38. The van der Waals surface area contributed by atoms with E-state index in [2.05, 4.69) is 20.5 Å². The molecule has 0 bridgehead atoms. The predicted molar refractivity (Wildman–Crippen MR) is 125 cm³/mol. The van der Waals surface area contributed by atoms with E-state index in [1.54, 1.807) is 7.11 Å². The summed E-state index contributed by atoms with van der Waals surface area (Å²) in [5.74, 6) is -0.902. The lowest BCUT2D eigenvalue weighted by atomic mass is 9.83. The number of likely N-dealkylation sites (tertiary alicyclic amines) is 1. The van der Waals surface area contributed by atoms with Crippen LogP contribution in [-0.4, -0.2) is 58.9 Å². The van der Waals surface area contributed by atoms with Gasteiger partial charge in [0, 0.05) is 13.7 Å². The number of nitrogens with one attached hydrogen (secondary N) is 2. The van der Waals surface area contributed by atoms with Crippen molar-refractivity contribution >= 4 is 29.3 Å². The molecule has 2 aliphatic rings. The second-order valence-electron chi connectivity index (χ2n) is 8.59. The first-order valence-electron chi connectivity index (χ1n) is 11.2. The Bertz CT molecular complexity index is 1270. The minimum absolute atomic E-state index is 0.0267. The molecule has 2 amide bonds. The first kappa shape index (κ1) is 23.3. The van der Waals surface area contributed by atoms with E-state index in [0.29, 0.717) is 31.8 Å². The Hall–Kier alpha value is -3.50. The average Bonchev–Trinajstić information content (AvgIpc) is 3.34. The summed E-state index contributed by atoms with van der Waals surface area (Å²) in [6.45, 7) is 0.681. The highest BCUT2D eigenvalue weighted by atomic mass is 35.5. The summed E-state index contributed by atoms with van der Waals surface area (Å²) in [7, 11) is 1.59. The molecular weight excluding hydrogens is 477 g/mol. The summed E-state index contributed by atoms with van der Waals surface area (Å²) >= 11 is 6.03. The molecule has 5 rings (SSSR count). The van der Waals surface area contributed by atoms with Gasteiger partial charge in [0.15, 0.2) is 11.4 Å². The Morgan fingerprint density at radius 2 is 2.11 bits per heavy atom. The standard InChI is InChI=1S/C24H23ClFN5O4/c1-34-12-15(14-6-3-2-4-7-14)20-28-21(30-29-20)22(32)31-11-5-10-24(13-31)18-17(27-23(33)35-24)9-8-16(25)19(18)26/h2-4,6-9,15H,5,10-13H2,1H3,(H,27,33)(H,28,29,30). The number of ether oxygens (including phenoxy) is 2. The molecule has 11 heteroatoms. The summed E-state index contributed by atoms with van der Waals surface area (Å²) in [4.78, 5) is 31.6. The first-order valence-corrected chi connectivity index (χ1v) is 11.5. The van der Waals surface area contributed by atoms with E-state index < -0.39 is 23.4 Å². The van der Waals surface area contributed by atoms with E-state index >= 15 is 4.39 Å². The van der Waals surface area contributed by atoms with Gasteiger partial charge in [-0.05, 0) is 30.5 Å². The quantitative estimate of drug-likeness (QED) is 0.547. The van der Waals surface area contributed by atoms with Crippen LogP contribution in [-0.2, 0) is 15.1 Å².